The van der Waals surface area contributed by atoms with Crippen LogP contribution in [0.2, 0.25) is 0 Å². The van der Waals surface area contributed by atoms with Gasteiger partial charge in [-0.15, -0.1) is 11.8 Å². The molecule has 1 amide bonds. The zero-order valence-electron chi connectivity index (χ0n) is 9.68. The third-order valence-corrected chi connectivity index (χ3v) is 5.06. The van der Waals surface area contributed by atoms with Crippen LogP contribution in [0.3, 0.4) is 0 Å². The van der Waals surface area contributed by atoms with Crippen LogP contribution in [-0.2, 0) is 4.74 Å². The predicted molar refractivity (Wildman–Crippen MR) is 65.1 cm³/mol. The number of thioether (sulfide) groups is 1. The number of carbonyl (C=O) groups is 1. The van der Waals surface area contributed by atoms with Crippen molar-refractivity contribution in [2.75, 3.05) is 26.0 Å². The minimum Gasteiger partial charge on any atom is -0.381 e. The summed E-state index contributed by atoms with van der Waals surface area (Å²) in [6, 6.07) is 1.72. The number of nitrogens with zero attached hydrogens (tertiary/aromatic N) is 2. The molecule has 17 heavy (non-hydrogen) atoms. The lowest BCUT2D eigenvalue weighted by Crippen LogP contribution is -2.60. The lowest BCUT2D eigenvalue weighted by atomic mass is 9.92. The maximum Gasteiger partial charge on any atom is 0.271 e. The van der Waals surface area contributed by atoms with Gasteiger partial charge in [0.05, 0.1) is 10.9 Å². The third-order valence-electron chi connectivity index (χ3n) is 3.48. The van der Waals surface area contributed by atoms with Crippen LogP contribution >= 0.6 is 11.8 Å². The van der Waals surface area contributed by atoms with Gasteiger partial charge in [0.1, 0.15) is 5.69 Å². The summed E-state index contributed by atoms with van der Waals surface area (Å²) in [7, 11) is 1.76. The Balaban J connectivity index is 1.60. The SMILES string of the molecule is COC1CSC2(C1)CN(C(=O)c1ccn[nH]1)C2. The molecular weight excluding hydrogens is 238 g/mol. The summed E-state index contributed by atoms with van der Waals surface area (Å²) in [5.74, 6) is 1.09. The minimum atomic E-state index is 0.0505. The van der Waals surface area contributed by atoms with Crippen molar-refractivity contribution in [1.29, 1.82) is 0 Å². The number of aromatic amines is 1. The minimum absolute atomic E-state index is 0.0505. The van der Waals surface area contributed by atoms with E-state index in [1.54, 1.807) is 19.4 Å². The van der Waals surface area contributed by atoms with Gasteiger partial charge in [-0.25, -0.2) is 0 Å². The number of likely N-dealkylation sites (tertiary alicyclic amines) is 1. The number of hydrogen-bond donors (Lipinski definition) is 1. The average molecular weight is 253 g/mol. The van der Waals surface area contributed by atoms with Crippen molar-refractivity contribution in [2.45, 2.75) is 17.3 Å². The van der Waals surface area contributed by atoms with Crippen LogP contribution in [-0.4, -0.2) is 57.8 Å². The molecule has 1 atom stereocenters. The monoisotopic (exact) mass is 253 g/mol. The lowest BCUT2D eigenvalue weighted by Gasteiger charge is -2.47. The van der Waals surface area contributed by atoms with Crippen molar-refractivity contribution in [2.24, 2.45) is 0 Å². The van der Waals surface area contributed by atoms with Crippen molar-refractivity contribution in [3.05, 3.63) is 18.0 Å². The quantitative estimate of drug-likeness (QED) is 0.845. The number of H-pyrrole nitrogens is 1. The van der Waals surface area contributed by atoms with Crippen molar-refractivity contribution in [3.8, 4) is 0 Å². The second kappa shape index (κ2) is 4.03. The summed E-state index contributed by atoms with van der Waals surface area (Å²) < 4.78 is 5.62. The van der Waals surface area contributed by atoms with Crippen molar-refractivity contribution >= 4 is 17.7 Å². The molecule has 2 aliphatic heterocycles. The molecule has 3 heterocycles. The molecule has 0 saturated carbocycles. The number of amides is 1. The first kappa shape index (κ1) is 11.1. The lowest BCUT2D eigenvalue weighted by molar-refractivity contribution is 0.0447. The molecule has 3 rings (SSSR count). The van der Waals surface area contributed by atoms with Crippen molar-refractivity contribution < 1.29 is 9.53 Å². The Hall–Kier alpha value is -1.01. The summed E-state index contributed by atoms with van der Waals surface area (Å²) in [6.07, 6.45) is 3.01. The number of methoxy groups -OCH3 is 1. The van der Waals surface area contributed by atoms with Crippen LogP contribution in [0.5, 0.6) is 0 Å². The fourth-order valence-electron chi connectivity index (χ4n) is 2.51. The second-order valence-electron chi connectivity index (χ2n) is 4.69. The van der Waals surface area contributed by atoms with Gasteiger partial charge in [0.15, 0.2) is 0 Å². The van der Waals surface area contributed by atoms with Gasteiger partial charge in [0.25, 0.3) is 5.91 Å². The van der Waals surface area contributed by atoms with Gasteiger partial charge < -0.3 is 9.64 Å². The Morgan fingerprint density at radius 2 is 2.53 bits per heavy atom. The highest BCUT2D eigenvalue weighted by atomic mass is 32.2. The van der Waals surface area contributed by atoms with Crippen LogP contribution in [0.1, 0.15) is 16.9 Å². The van der Waals surface area contributed by atoms with Gasteiger partial charge in [-0.1, -0.05) is 0 Å². The molecule has 6 heteroatoms. The van der Waals surface area contributed by atoms with Gasteiger partial charge >= 0.3 is 0 Å². The predicted octanol–water partition coefficient (Wildman–Crippen LogP) is 0.756. The van der Waals surface area contributed by atoms with E-state index in [1.165, 1.54) is 0 Å². The van der Waals surface area contributed by atoms with Gasteiger partial charge in [-0.3, -0.25) is 9.89 Å². The molecule has 2 saturated heterocycles. The van der Waals surface area contributed by atoms with E-state index in [9.17, 15) is 4.79 Å². The largest absolute Gasteiger partial charge is 0.381 e. The van der Waals surface area contributed by atoms with Gasteiger partial charge in [-0.05, 0) is 12.5 Å². The summed E-state index contributed by atoms with van der Waals surface area (Å²) in [5, 5.41) is 6.51. The Bertz CT molecular complexity index is 414. The molecule has 2 aliphatic rings. The molecule has 0 bridgehead atoms. The number of aromatic nitrogens is 2. The molecule has 92 valence electrons. The highest BCUT2D eigenvalue weighted by Crippen LogP contribution is 2.46. The average Bonchev–Trinajstić information content (AvgIpc) is 2.95. The molecule has 2 fully saturated rings. The van der Waals surface area contributed by atoms with E-state index in [2.05, 4.69) is 10.2 Å². The van der Waals surface area contributed by atoms with E-state index < -0.39 is 0 Å². The van der Waals surface area contributed by atoms with E-state index in [0.29, 0.717) is 11.8 Å². The first-order valence-electron chi connectivity index (χ1n) is 5.68. The Labute approximate surface area is 104 Å². The molecule has 1 aromatic rings. The number of rotatable bonds is 2. The van der Waals surface area contributed by atoms with Gasteiger partial charge in [0, 0.05) is 32.1 Å². The normalized spacial score (nSPS) is 26.2. The molecule has 1 N–H and O–H groups in total. The Morgan fingerprint density at radius 3 is 3.12 bits per heavy atom. The highest BCUT2D eigenvalue weighted by molar-refractivity contribution is 8.01. The summed E-state index contributed by atoms with van der Waals surface area (Å²) in [6.45, 7) is 1.66. The van der Waals surface area contributed by atoms with E-state index in [1.807, 2.05) is 16.7 Å². The van der Waals surface area contributed by atoms with Crippen LogP contribution in [0, 0.1) is 0 Å². The number of nitrogens with one attached hydrogen (secondary N) is 1. The molecule has 0 aromatic carbocycles. The molecule has 1 spiro atoms. The molecule has 5 nitrogen and oxygen atoms in total. The van der Waals surface area contributed by atoms with Gasteiger partial charge in [-0.2, -0.15) is 5.10 Å². The fourth-order valence-corrected chi connectivity index (χ4v) is 4.10. The number of carbonyl (C=O) groups excluding carboxylic acids is 1. The zero-order chi connectivity index (χ0) is 11.9. The summed E-state index contributed by atoms with van der Waals surface area (Å²) >= 11 is 1.94. The maximum atomic E-state index is 12.0. The first-order chi connectivity index (χ1) is 8.22. The smallest absolute Gasteiger partial charge is 0.271 e. The van der Waals surface area contributed by atoms with Crippen LogP contribution in [0.4, 0.5) is 0 Å². The van der Waals surface area contributed by atoms with E-state index in [0.717, 1.165) is 25.3 Å². The van der Waals surface area contributed by atoms with Crippen LogP contribution in [0.25, 0.3) is 0 Å². The Morgan fingerprint density at radius 1 is 1.71 bits per heavy atom. The molecule has 0 radical (unpaired) electrons. The highest BCUT2D eigenvalue weighted by Gasteiger charge is 2.50. The summed E-state index contributed by atoms with van der Waals surface area (Å²) in [4.78, 5) is 13.9. The van der Waals surface area contributed by atoms with Crippen LogP contribution < -0.4 is 0 Å². The number of ether oxygens (including phenoxy) is 1. The molecular formula is C11H15N3O2S. The van der Waals surface area contributed by atoms with E-state index >= 15 is 0 Å². The maximum absolute atomic E-state index is 12.0. The topological polar surface area (TPSA) is 58.2 Å². The Kier molecular flexibility index (Phi) is 2.63. The van der Waals surface area contributed by atoms with Crippen LogP contribution in [0.15, 0.2) is 12.3 Å². The molecule has 1 aromatic heterocycles. The molecule has 1 unspecified atom stereocenters. The van der Waals surface area contributed by atoms with Gasteiger partial charge in [0.2, 0.25) is 0 Å². The second-order valence-corrected chi connectivity index (χ2v) is 6.18. The molecule has 0 aliphatic carbocycles. The third kappa shape index (κ3) is 1.85. The standard InChI is InChI=1S/C11H15N3O2S/c1-16-8-4-11(17-5-8)6-14(7-11)10(15)9-2-3-12-13-9/h2-3,8H,4-7H2,1H3,(H,12,13). The van der Waals surface area contributed by atoms with E-state index in [4.69, 9.17) is 4.74 Å². The van der Waals surface area contributed by atoms with Crippen molar-refractivity contribution in [3.63, 3.8) is 0 Å². The first-order valence-corrected chi connectivity index (χ1v) is 6.66. The van der Waals surface area contributed by atoms with E-state index in [-0.39, 0.29) is 10.7 Å². The van der Waals surface area contributed by atoms with Crippen molar-refractivity contribution in [1.82, 2.24) is 15.1 Å². The summed E-state index contributed by atoms with van der Waals surface area (Å²) in [5.41, 5.74) is 0.575. The zero-order valence-corrected chi connectivity index (χ0v) is 10.5. The number of hydrogen-bond acceptors (Lipinski definition) is 4. The fraction of sp³-hybridized carbons (Fsp3) is 0.636.